The molecule has 0 heterocycles. The first kappa shape index (κ1) is 11.2. The molecular weight excluding hydrogens is 217 g/mol. The van der Waals surface area contributed by atoms with E-state index in [1.54, 1.807) is 6.92 Å². The Morgan fingerprint density at radius 2 is 1.93 bits per heavy atom. The maximum atomic E-state index is 12.3. The van der Waals surface area contributed by atoms with Crippen molar-refractivity contribution in [3.8, 4) is 5.75 Å². The third-order valence-corrected chi connectivity index (χ3v) is 2.17. The van der Waals surface area contributed by atoms with E-state index in [1.807, 2.05) is 0 Å². The molecule has 0 saturated carbocycles. The minimum atomic E-state index is -4.53. The summed E-state index contributed by atoms with van der Waals surface area (Å²) in [6.45, 7) is 1.72. The zero-order valence-corrected chi connectivity index (χ0v) is 8.08. The van der Waals surface area contributed by atoms with Gasteiger partial charge >= 0.3 is 6.18 Å². The van der Waals surface area contributed by atoms with Crippen molar-refractivity contribution in [3.05, 3.63) is 28.3 Å². The van der Waals surface area contributed by atoms with Gasteiger partial charge in [-0.3, -0.25) is 0 Å². The number of aryl methyl sites for hydroxylation is 1. The molecule has 0 fully saturated rings. The average Bonchev–Trinajstić information content (AvgIpc) is 2.06. The molecule has 0 saturated heterocycles. The lowest BCUT2D eigenvalue weighted by atomic mass is 10.1. The van der Waals surface area contributed by atoms with E-state index in [-0.39, 0.29) is 10.8 Å². The van der Waals surface area contributed by atoms with Gasteiger partial charge in [0.15, 0.2) is 0 Å². The lowest BCUT2D eigenvalue weighted by molar-refractivity contribution is -0.137. The van der Waals surface area contributed by atoms with Gasteiger partial charge in [0.1, 0.15) is 5.75 Å². The van der Waals surface area contributed by atoms with E-state index < -0.39 is 11.7 Å². The van der Waals surface area contributed by atoms with Crippen molar-refractivity contribution in [1.82, 2.24) is 0 Å². The van der Waals surface area contributed by atoms with Crippen molar-refractivity contribution in [2.45, 2.75) is 19.5 Å². The van der Waals surface area contributed by atoms with Gasteiger partial charge in [-0.1, -0.05) is 18.5 Å². The quantitative estimate of drug-likeness (QED) is 0.772. The maximum absolute atomic E-state index is 12.3. The van der Waals surface area contributed by atoms with Crippen LogP contribution in [0, 0.1) is 0 Å². The normalized spacial score (nSPS) is 11.8. The number of benzene rings is 1. The maximum Gasteiger partial charge on any atom is 0.417 e. The first-order valence-electron chi connectivity index (χ1n) is 3.94. The minimum absolute atomic E-state index is 0.371. The van der Waals surface area contributed by atoms with E-state index in [9.17, 15) is 18.3 Å². The van der Waals surface area contributed by atoms with E-state index in [4.69, 9.17) is 11.6 Å². The Morgan fingerprint density at radius 3 is 2.36 bits per heavy atom. The number of hydrogen-bond acceptors (Lipinski definition) is 1. The molecule has 1 rings (SSSR count). The van der Waals surface area contributed by atoms with Gasteiger partial charge in [0.05, 0.1) is 10.6 Å². The molecule has 78 valence electrons. The average molecular weight is 225 g/mol. The van der Waals surface area contributed by atoms with Gasteiger partial charge in [0, 0.05) is 0 Å². The highest BCUT2D eigenvalue weighted by Crippen LogP contribution is 2.38. The van der Waals surface area contributed by atoms with E-state index in [2.05, 4.69) is 0 Å². The van der Waals surface area contributed by atoms with Gasteiger partial charge < -0.3 is 5.11 Å². The number of phenolic OH excluding ortho intramolecular Hbond substituents is 1. The Kier molecular flexibility index (Phi) is 2.95. The van der Waals surface area contributed by atoms with Crippen molar-refractivity contribution in [2.75, 3.05) is 0 Å². The molecule has 0 aromatic heterocycles. The summed E-state index contributed by atoms with van der Waals surface area (Å²) in [6, 6.07) is 1.79. The summed E-state index contributed by atoms with van der Waals surface area (Å²) in [5.74, 6) is -0.371. The molecule has 14 heavy (non-hydrogen) atoms. The number of rotatable bonds is 1. The zero-order valence-electron chi connectivity index (χ0n) is 7.32. The van der Waals surface area contributed by atoms with Crippen LogP contribution in [0.3, 0.4) is 0 Å². The second-order valence-electron chi connectivity index (χ2n) is 2.81. The van der Waals surface area contributed by atoms with Crippen LogP contribution in [0.2, 0.25) is 5.02 Å². The highest BCUT2D eigenvalue weighted by atomic mass is 35.5. The van der Waals surface area contributed by atoms with Crippen LogP contribution in [-0.4, -0.2) is 5.11 Å². The summed E-state index contributed by atoms with van der Waals surface area (Å²) in [7, 11) is 0. The van der Waals surface area contributed by atoms with E-state index in [1.165, 1.54) is 0 Å². The summed E-state index contributed by atoms with van der Waals surface area (Å²) in [5, 5.41) is 8.84. The second kappa shape index (κ2) is 3.69. The van der Waals surface area contributed by atoms with Crippen molar-refractivity contribution in [1.29, 1.82) is 0 Å². The van der Waals surface area contributed by atoms with Crippen molar-refractivity contribution in [3.63, 3.8) is 0 Å². The summed E-state index contributed by atoms with van der Waals surface area (Å²) in [6.07, 6.45) is -4.09. The van der Waals surface area contributed by atoms with Gasteiger partial charge in [0.2, 0.25) is 0 Å². The van der Waals surface area contributed by atoms with Crippen LogP contribution >= 0.6 is 11.6 Å². The van der Waals surface area contributed by atoms with Crippen molar-refractivity contribution in [2.24, 2.45) is 0 Å². The van der Waals surface area contributed by atoms with Gasteiger partial charge in [-0.2, -0.15) is 13.2 Å². The molecule has 5 heteroatoms. The SMILES string of the molecule is CCc1cc(Cl)c(C(F)(F)F)cc1O. The van der Waals surface area contributed by atoms with Gasteiger partial charge in [-0.25, -0.2) is 0 Å². The highest BCUT2D eigenvalue weighted by molar-refractivity contribution is 6.31. The van der Waals surface area contributed by atoms with Crippen molar-refractivity contribution >= 4 is 11.6 Å². The smallest absolute Gasteiger partial charge is 0.417 e. The van der Waals surface area contributed by atoms with Crippen LogP contribution in [0.4, 0.5) is 13.2 Å². The number of aromatic hydroxyl groups is 1. The Balaban J connectivity index is 3.29. The predicted octanol–water partition coefficient (Wildman–Crippen LogP) is 3.63. The predicted molar refractivity (Wildman–Crippen MR) is 47.5 cm³/mol. The molecule has 0 aliphatic carbocycles. The van der Waals surface area contributed by atoms with Crippen LogP contribution in [-0.2, 0) is 12.6 Å². The van der Waals surface area contributed by atoms with Gasteiger partial charge in [-0.15, -0.1) is 0 Å². The van der Waals surface area contributed by atoms with Crippen LogP contribution in [0.5, 0.6) is 5.75 Å². The van der Waals surface area contributed by atoms with Gasteiger partial charge in [-0.05, 0) is 24.1 Å². The molecule has 0 aliphatic heterocycles. The molecule has 0 bridgehead atoms. The Hall–Kier alpha value is -0.900. The highest BCUT2D eigenvalue weighted by Gasteiger charge is 2.33. The number of halogens is 4. The van der Waals surface area contributed by atoms with E-state index in [0.717, 1.165) is 6.07 Å². The Bertz CT molecular complexity index is 347. The molecule has 0 radical (unpaired) electrons. The Labute approximate surface area is 84.1 Å². The van der Waals surface area contributed by atoms with Crippen LogP contribution in [0.25, 0.3) is 0 Å². The first-order chi connectivity index (χ1) is 6.36. The lowest BCUT2D eigenvalue weighted by Gasteiger charge is -2.11. The number of phenols is 1. The summed E-state index contributed by atoms with van der Waals surface area (Å²) < 4.78 is 36.8. The minimum Gasteiger partial charge on any atom is -0.508 e. The fraction of sp³-hybridized carbons (Fsp3) is 0.333. The molecule has 0 spiro atoms. The molecule has 0 atom stereocenters. The third kappa shape index (κ3) is 2.12. The molecule has 0 aliphatic rings. The Morgan fingerprint density at radius 1 is 1.36 bits per heavy atom. The molecule has 1 nitrogen and oxygen atoms in total. The topological polar surface area (TPSA) is 20.2 Å². The second-order valence-corrected chi connectivity index (χ2v) is 3.22. The standard InChI is InChI=1S/C9H8ClF3O/c1-2-5-3-7(10)6(4-8(5)14)9(11,12)13/h3-4,14H,2H2,1H3. The fourth-order valence-corrected chi connectivity index (χ4v) is 1.40. The summed E-state index contributed by atoms with van der Waals surface area (Å²) in [5.41, 5.74) is -0.600. The molecular formula is C9H8ClF3O. The molecule has 1 aromatic rings. The first-order valence-corrected chi connectivity index (χ1v) is 4.32. The van der Waals surface area contributed by atoms with E-state index >= 15 is 0 Å². The summed E-state index contributed by atoms with van der Waals surface area (Å²) >= 11 is 5.43. The van der Waals surface area contributed by atoms with Crippen LogP contribution in [0.15, 0.2) is 12.1 Å². The van der Waals surface area contributed by atoms with Crippen LogP contribution in [0.1, 0.15) is 18.1 Å². The third-order valence-electron chi connectivity index (χ3n) is 1.85. The zero-order chi connectivity index (χ0) is 10.9. The van der Waals surface area contributed by atoms with Gasteiger partial charge in [0.25, 0.3) is 0 Å². The number of hydrogen-bond donors (Lipinski definition) is 1. The molecule has 0 unspecified atom stereocenters. The lowest BCUT2D eigenvalue weighted by Crippen LogP contribution is -2.06. The van der Waals surface area contributed by atoms with Crippen molar-refractivity contribution < 1.29 is 18.3 Å². The molecule has 1 N–H and O–H groups in total. The molecule has 0 amide bonds. The molecule has 1 aromatic carbocycles. The monoisotopic (exact) mass is 224 g/mol. The van der Waals surface area contributed by atoms with Crippen LogP contribution < -0.4 is 0 Å². The summed E-state index contributed by atoms with van der Waals surface area (Å²) in [4.78, 5) is 0. The largest absolute Gasteiger partial charge is 0.508 e. The van der Waals surface area contributed by atoms with E-state index in [0.29, 0.717) is 18.1 Å². The fourth-order valence-electron chi connectivity index (χ4n) is 1.10. The number of alkyl halides is 3.